The van der Waals surface area contributed by atoms with Crippen LogP contribution < -0.4 is 5.32 Å². The minimum absolute atomic E-state index is 0.0920. The summed E-state index contributed by atoms with van der Waals surface area (Å²) in [5.41, 5.74) is 0.381. The van der Waals surface area contributed by atoms with Gasteiger partial charge in [-0.15, -0.1) is 0 Å². The Hall–Kier alpha value is -2.09. The Bertz CT molecular complexity index is 506. The maximum absolute atomic E-state index is 11.1. The Morgan fingerprint density at radius 1 is 1.35 bits per heavy atom. The molecule has 5 heteroatoms. The molecule has 0 bridgehead atoms. The van der Waals surface area contributed by atoms with Crippen LogP contribution in [-0.4, -0.2) is 11.0 Å². The molecule has 0 aliphatic carbocycles. The Kier molecular flexibility index (Phi) is 5.98. The maximum Gasteiger partial charge on any atom is 0.309 e. The lowest BCUT2D eigenvalue weighted by Crippen LogP contribution is -2.16. The molecule has 0 saturated carbocycles. The number of nitriles is 1. The fourth-order valence-electron chi connectivity index (χ4n) is 2.12. The van der Waals surface area contributed by atoms with Gasteiger partial charge in [0, 0.05) is 6.04 Å². The van der Waals surface area contributed by atoms with E-state index in [9.17, 15) is 10.1 Å². The molecule has 0 spiro atoms. The highest BCUT2D eigenvalue weighted by Crippen LogP contribution is 2.29. The van der Waals surface area contributed by atoms with Crippen molar-refractivity contribution < 1.29 is 4.92 Å². The van der Waals surface area contributed by atoms with Gasteiger partial charge >= 0.3 is 5.69 Å². The number of nitro groups is 1. The van der Waals surface area contributed by atoms with Crippen molar-refractivity contribution in [3.63, 3.8) is 0 Å². The zero-order valence-corrected chi connectivity index (χ0v) is 12.2. The standard InChI is InChI=1S/C15H21N3O2/c1-11(2)6-4-7-12(3)17-14-9-5-8-13(10-16)15(14)18(19)20/h5,8-9,11-12,17H,4,6-7H2,1-3H3. The van der Waals surface area contributed by atoms with Gasteiger partial charge in [0.25, 0.3) is 0 Å². The van der Waals surface area contributed by atoms with Gasteiger partial charge in [0.2, 0.25) is 0 Å². The van der Waals surface area contributed by atoms with Crippen molar-refractivity contribution in [1.82, 2.24) is 0 Å². The smallest absolute Gasteiger partial charge is 0.309 e. The van der Waals surface area contributed by atoms with E-state index in [1.807, 2.05) is 13.0 Å². The number of para-hydroxylation sites is 1. The summed E-state index contributed by atoms with van der Waals surface area (Å²) < 4.78 is 0. The van der Waals surface area contributed by atoms with E-state index in [-0.39, 0.29) is 17.3 Å². The maximum atomic E-state index is 11.1. The summed E-state index contributed by atoms with van der Waals surface area (Å²) in [6, 6.07) is 6.78. The molecule has 1 atom stereocenters. The molecule has 0 aliphatic heterocycles. The summed E-state index contributed by atoms with van der Waals surface area (Å²) in [5.74, 6) is 0.665. The van der Waals surface area contributed by atoms with Gasteiger partial charge in [-0.1, -0.05) is 32.8 Å². The van der Waals surface area contributed by atoms with Gasteiger partial charge in [-0.05, 0) is 31.4 Å². The number of hydrogen-bond acceptors (Lipinski definition) is 4. The highest BCUT2D eigenvalue weighted by molar-refractivity contribution is 5.68. The number of nitrogens with zero attached hydrogens (tertiary/aromatic N) is 2. The average Bonchev–Trinajstić information content (AvgIpc) is 2.37. The van der Waals surface area contributed by atoms with Crippen molar-refractivity contribution in [2.24, 2.45) is 5.92 Å². The summed E-state index contributed by atoms with van der Waals surface area (Å²) in [6.07, 6.45) is 3.18. The summed E-state index contributed by atoms with van der Waals surface area (Å²) in [4.78, 5) is 10.6. The molecule has 0 aliphatic rings. The second-order valence-corrected chi connectivity index (χ2v) is 5.44. The van der Waals surface area contributed by atoms with Gasteiger partial charge in [-0.3, -0.25) is 10.1 Å². The van der Waals surface area contributed by atoms with Crippen LogP contribution >= 0.6 is 0 Å². The summed E-state index contributed by atoms with van der Waals surface area (Å²) in [6.45, 7) is 6.36. The predicted molar refractivity (Wildman–Crippen MR) is 79.6 cm³/mol. The van der Waals surface area contributed by atoms with E-state index in [2.05, 4.69) is 19.2 Å². The lowest BCUT2D eigenvalue weighted by molar-refractivity contribution is -0.384. The third-order valence-electron chi connectivity index (χ3n) is 3.16. The molecule has 1 aromatic carbocycles. The van der Waals surface area contributed by atoms with E-state index >= 15 is 0 Å². The highest BCUT2D eigenvalue weighted by Gasteiger charge is 2.20. The zero-order chi connectivity index (χ0) is 15.1. The van der Waals surface area contributed by atoms with Gasteiger partial charge in [0.1, 0.15) is 17.3 Å². The molecule has 0 heterocycles. The van der Waals surface area contributed by atoms with E-state index in [0.717, 1.165) is 19.3 Å². The average molecular weight is 275 g/mol. The summed E-state index contributed by atoms with van der Waals surface area (Å²) in [5, 5.41) is 23.2. The molecule has 1 unspecified atom stereocenters. The van der Waals surface area contributed by atoms with Crippen LogP contribution in [0, 0.1) is 27.4 Å². The molecule has 0 radical (unpaired) electrons. The second-order valence-electron chi connectivity index (χ2n) is 5.44. The van der Waals surface area contributed by atoms with Gasteiger partial charge in [-0.2, -0.15) is 5.26 Å². The number of benzene rings is 1. The van der Waals surface area contributed by atoms with Gasteiger partial charge in [0.15, 0.2) is 0 Å². The molecule has 0 fully saturated rings. The molecule has 5 nitrogen and oxygen atoms in total. The largest absolute Gasteiger partial charge is 0.377 e. The third-order valence-corrected chi connectivity index (χ3v) is 3.16. The first-order valence-electron chi connectivity index (χ1n) is 6.89. The van der Waals surface area contributed by atoms with E-state index in [1.165, 1.54) is 6.07 Å². The summed E-state index contributed by atoms with van der Waals surface area (Å²) >= 11 is 0. The summed E-state index contributed by atoms with van der Waals surface area (Å²) in [7, 11) is 0. The number of hydrogen-bond donors (Lipinski definition) is 1. The van der Waals surface area contributed by atoms with Crippen LogP contribution in [-0.2, 0) is 0 Å². The fourth-order valence-corrected chi connectivity index (χ4v) is 2.12. The molecule has 20 heavy (non-hydrogen) atoms. The molecule has 0 amide bonds. The molecule has 108 valence electrons. The monoisotopic (exact) mass is 275 g/mol. The Morgan fingerprint density at radius 3 is 2.60 bits per heavy atom. The first-order chi connectivity index (χ1) is 9.45. The zero-order valence-electron chi connectivity index (χ0n) is 12.2. The van der Waals surface area contributed by atoms with E-state index in [0.29, 0.717) is 11.6 Å². The lowest BCUT2D eigenvalue weighted by atomic mass is 10.0. The SMILES string of the molecule is CC(C)CCCC(C)Nc1cccc(C#N)c1[N+](=O)[O-]. The molecular formula is C15H21N3O2. The molecule has 0 aromatic heterocycles. The van der Waals surface area contributed by atoms with Gasteiger partial charge in [-0.25, -0.2) is 0 Å². The van der Waals surface area contributed by atoms with Gasteiger partial charge < -0.3 is 5.32 Å². The van der Waals surface area contributed by atoms with E-state index in [4.69, 9.17) is 5.26 Å². The quantitative estimate of drug-likeness (QED) is 0.600. The van der Waals surface area contributed by atoms with Crippen LogP contribution in [0.3, 0.4) is 0 Å². The normalized spacial score (nSPS) is 11.9. The van der Waals surface area contributed by atoms with Crippen molar-refractivity contribution in [3.8, 4) is 6.07 Å². The fraction of sp³-hybridized carbons (Fsp3) is 0.533. The molecule has 1 aromatic rings. The van der Waals surface area contributed by atoms with Crippen LogP contribution in [0.15, 0.2) is 18.2 Å². The van der Waals surface area contributed by atoms with E-state index < -0.39 is 4.92 Å². The first kappa shape index (κ1) is 16.0. The van der Waals surface area contributed by atoms with Crippen LogP contribution in [0.5, 0.6) is 0 Å². The van der Waals surface area contributed by atoms with Crippen LogP contribution in [0.25, 0.3) is 0 Å². The van der Waals surface area contributed by atoms with E-state index in [1.54, 1.807) is 12.1 Å². The Labute approximate surface area is 119 Å². The van der Waals surface area contributed by atoms with Crippen molar-refractivity contribution in [1.29, 1.82) is 5.26 Å². The lowest BCUT2D eigenvalue weighted by Gasteiger charge is -2.16. The van der Waals surface area contributed by atoms with Crippen LogP contribution in [0.2, 0.25) is 0 Å². The Balaban J connectivity index is 2.77. The van der Waals surface area contributed by atoms with Gasteiger partial charge in [0.05, 0.1) is 4.92 Å². The number of anilines is 1. The number of nitro benzene ring substituents is 1. The topological polar surface area (TPSA) is 79.0 Å². The highest BCUT2D eigenvalue weighted by atomic mass is 16.6. The molecule has 1 N–H and O–H groups in total. The number of rotatable bonds is 7. The van der Waals surface area contributed by atoms with Crippen LogP contribution in [0.1, 0.15) is 45.6 Å². The third kappa shape index (κ3) is 4.54. The first-order valence-corrected chi connectivity index (χ1v) is 6.89. The predicted octanol–water partition coefficient (Wildman–Crippen LogP) is 4.09. The van der Waals surface area contributed by atoms with Crippen molar-refractivity contribution in [3.05, 3.63) is 33.9 Å². The van der Waals surface area contributed by atoms with Crippen molar-refractivity contribution in [2.75, 3.05) is 5.32 Å². The second kappa shape index (κ2) is 7.49. The molecular weight excluding hydrogens is 254 g/mol. The van der Waals surface area contributed by atoms with Crippen LogP contribution in [0.4, 0.5) is 11.4 Å². The molecule has 0 saturated heterocycles. The van der Waals surface area contributed by atoms with Crippen molar-refractivity contribution >= 4 is 11.4 Å². The molecule has 1 rings (SSSR count). The number of nitrogens with one attached hydrogen (secondary N) is 1. The minimum Gasteiger partial charge on any atom is -0.377 e. The van der Waals surface area contributed by atoms with Crippen molar-refractivity contribution in [2.45, 2.75) is 46.1 Å². The Morgan fingerprint density at radius 2 is 2.05 bits per heavy atom. The minimum atomic E-state index is -0.498.